The summed E-state index contributed by atoms with van der Waals surface area (Å²) in [5, 5.41) is 10.9. The molecule has 1 aliphatic rings. The zero-order valence-electron chi connectivity index (χ0n) is 16.0. The molecule has 0 fully saturated rings. The number of hydrogen-bond donors (Lipinski definition) is 0. The van der Waals surface area contributed by atoms with E-state index >= 15 is 0 Å². The lowest BCUT2D eigenvalue weighted by molar-refractivity contribution is -0.384. The van der Waals surface area contributed by atoms with Crippen LogP contribution in [0.4, 0.5) is 11.4 Å². The van der Waals surface area contributed by atoms with Gasteiger partial charge in [0.2, 0.25) is 0 Å². The number of carbonyl (C=O) groups excluding carboxylic acids is 2. The largest absolute Gasteiger partial charge is 0.497 e. The number of methoxy groups -OCH3 is 2. The van der Waals surface area contributed by atoms with Gasteiger partial charge in [0.1, 0.15) is 11.5 Å². The maximum Gasteiger partial charge on any atom is 0.272 e. The lowest BCUT2D eigenvalue weighted by Crippen LogP contribution is -2.31. The number of nitro groups is 1. The Labute approximate surface area is 171 Å². The molecule has 0 radical (unpaired) electrons. The summed E-state index contributed by atoms with van der Waals surface area (Å²) in [5.41, 5.74) is 0.869. The summed E-state index contributed by atoms with van der Waals surface area (Å²) in [7, 11) is 2.94. The molecule has 8 nitrogen and oxygen atoms in total. The number of non-ortho nitro benzene ring substituents is 1. The first-order valence-corrected chi connectivity index (χ1v) is 9.64. The normalized spacial score (nSPS) is 13.8. The molecule has 0 saturated carbocycles. The summed E-state index contributed by atoms with van der Waals surface area (Å²) >= 11 is 1.25. The van der Waals surface area contributed by atoms with Crippen molar-refractivity contribution in [2.24, 2.45) is 0 Å². The molecule has 2 amide bonds. The average Bonchev–Trinajstić information content (AvgIpc) is 2.97. The van der Waals surface area contributed by atoms with Crippen molar-refractivity contribution in [3.63, 3.8) is 0 Å². The molecule has 0 saturated heterocycles. The first-order valence-electron chi connectivity index (χ1n) is 8.65. The van der Waals surface area contributed by atoms with Crippen LogP contribution in [0.1, 0.15) is 12.5 Å². The van der Waals surface area contributed by atoms with E-state index in [0.717, 1.165) is 4.90 Å². The number of nitrogens with zero attached hydrogens (tertiary/aromatic N) is 2. The SMILES string of the molecule is CCSC1=C(c2ccc([N+](=O)[O-])cc2)C(=O)N(c2ccc(OC)cc2OC)C1=O. The van der Waals surface area contributed by atoms with Crippen LogP contribution in [-0.2, 0) is 9.59 Å². The molecule has 2 aromatic rings. The summed E-state index contributed by atoms with van der Waals surface area (Å²) in [4.78, 5) is 38.1. The Hall–Kier alpha value is -3.33. The molecule has 2 aromatic carbocycles. The van der Waals surface area contributed by atoms with Crippen molar-refractivity contribution in [3.8, 4) is 11.5 Å². The molecule has 0 spiro atoms. The van der Waals surface area contributed by atoms with Crippen molar-refractivity contribution in [1.82, 2.24) is 0 Å². The highest BCUT2D eigenvalue weighted by atomic mass is 32.2. The van der Waals surface area contributed by atoms with Crippen LogP contribution in [0.2, 0.25) is 0 Å². The Balaban J connectivity index is 2.09. The Morgan fingerprint density at radius 3 is 2.28 bits per heavy atom. The first-order chi connectivity index (χ1) is 13.9. The molecule has 3 rings (SSSR count). The fourth-order valence-electron chi connectivity index (χ4n) is 2.98. The van der Waals surface area contributed by atoms with Crippen molar-refractivity contribution in [3.05, 3.63) is 63.0 Å². The molecule has 0 atom stereocenters. The Morgan fingerprint density at radius 1 is 1.03 bits per heavy atom. The molecule has 150 valence electrons. The highest BCUT2D eigenvalue weighted by Gasteiger charge is 2.41. The Kier molecular flexibility index (Phi) is 5.88. The minimum atomic E-state index is -0.518. The van der Waals surface area contributed by atoms with E-state index in [1.54, 1.807) is 18.2 Å². The lowest BCUT2D eigenvalue weighted by Gasteiger charge is -2.19. The van der Waals surface area contributed by atoms with Gasteiger partial charge in [0, 0.05) is 18.2 Å². The van der Waals surface area contributed by atoms with Crippen molar-refractivity contribution in [1.29, 1.82) is 0 Å². The number of thioether (sulfide) groups is 1. The minimum absolute atomic E-state index is 0.0931. The quantitative estimate of drug-likeness (QED) is 0.387. The van der Waals surface area contributed by atoms with Crippen molar-refractivity contribution < 1.29 is 24.0 Å². The van der Waals surface area contributed by atoms with Crippen LogP contribution in [0.15, 0.2) is 47.4 Å². The maximum atomic E-state index is 13.3. The van der Waals surface area contributed by atoms with Gasteiger partial charge in [0.15, 0.2) is 0 Å². The molecule has 1 heterocycles. The molecule has 29 heavy (non-hydrogen) atoms. The van der Waals surface area contributed by atoms with E-state index in [2.05, 4.69) is 0 Å². The van der Waals surface area contributed by atoms with E-state index in [1.807, 2.05) is 6.92 Å². The summed E-state index contributed by atoms with van der Waals surface area (Å²) in [6, 6.07) is 10.4. The van der Waals surface area contributed by atoms with E-state index in [0.29, 0.717) is 33.4 Å². The average molecular weight is 414 g/mol. The predicted octanol–water partition coefficient (Wildman–Crippen LogP) is 3.65. The van der Waals surface area contributed by atoms with Gasteiger partial charge in [0.25, 0.3) is 17.5 Å². The summed E-state index contributed by atoms with van der Waals surface area (Å²) in [5.74, 6) is 0.452. The number of ether oxygens (including phenoxy) is 2. The standard InChI is InChI=1S/C20H18N2O6S/c1-4-29-18-17(12-5-7-13(8-6-12)22(25)26)19(23)21(20(18)24)15-10-9-14(27-2)11-16(15)28-3/h5-11H,4H2,1-3H3. The number of hydrogen-bond acceptors (Lipinski definition) is 7. The van der Waals surface area contributed by atoms with Crippen LogP contribution in [-0.4, -0.2) is 36.7 Å². The summed E-state index contributed by atoms with van der Waals surface area (Å²) in [6.45, 7) is 1.87. The van der Waals surface area contributed by atoms with Crippen LogP contribution >= 0.6 is 11.8 Å². The van der Waals surface area contributed by atoms with Gasteiger partial charge in [-0.3, -0.25) is 19.7 Å². The number of anilines is 1. The number of rotatable bonds is 7. The first kappa shape index (κ1) is 20.4. The lowest BCUT2D eigenvalue weighted by atomic mass is 10.1. The Bertz CT molecular complexity index is 1020. The maximum absolute atomic E-state index is 13.3. The van der Waals surface area contributed by atoms with E-state index in [-0.39, 0.29) is 11.3 Å². The van der Waals surface area contributed by atoms with Gasteiger partial charge in [-0.1, -0.05) is 6.92 Å². The van der Waals surface area contributed by atoms with Crippen LogP contribution in [0.25, 0.3) is 5.57 Å². The fraction of sp³-hybridized carbons (Fsp3) is 0.200. The van der Waals surface area contributed by atoms with Crippen LogP contribution in [0.3, 0.4) is 0 Å². The highest BCUT2D eigenvalue weighted by Crippen LogP contribution is 2.42. The molecule has 0 aromatic heterocycles. The van der Waals surface area contributed by atoms with Crippen molar-refractivity contribution in [2.45, 2.75) is 6.92 Å². The molecular weight excluding hydrogens is 396 g/mol. The second-order valence-corrected chi connectivity index (χ2v) is 7.20. The monoisotopic (exact) mass is 414 g/mol. The van der Waals surface area contributed by atoms with E-state index in [9.17, 15) is 19.7 Å². The zero-order valence-corrected chi connectivity index (χ0v) is 16.8. The van der Waals surface area contributed by atoms with E-state index in [1.165, 1.54) is 50.2 Å². The van der Waals surface area contributed by atoms with Crippen LogP contribution in [0.5, 0.6) is 11.5 Å². The molecule has 0 N–H and O–H groups in total. The molecule has 0 aliphatic carbocycles. The minimum Gasteiger partial charge on any atom is -0.497 e. The number of carbonyl (C=O) groups is 2. The zero-order chi connectivity index (χ0) is 21.1. The van der Waals surface area contributed by atoms with Crippen LogP contribution in [0, 0.1) is 10.1 Å². The van der Waals surface area contributed by atoms with E-state index < -0.39 is 16.7 Å². The van der Waals surface area contributed by atoms with Gasteiger partial charge < -0.3 is 9.47 Å². The summed E-state index contributed by atoms with van der Waals surface area (Å²) < 4.78 is 10.5. The van der Waals surface area contributed by atoms with Crippen LogP contribution < -0.4 is 14.4 Å². The van der Waals surface area contributed by atoms with E-state index in [4.69, 9.17) is 9.47 Å². The second-order valence-electron chi connectivity index (χ2n) is 5.92. The molecule has 0 bridgehead atoms. The van der Waals surface area contributed by atoms with Gasteiger partial charge in [-0.15, -0.1) is 11.8 Å². The number of benzene rings is 2. The van der Waals surface area contributed by atoms with Crippen molar-refractivity contribution in [2.75, 3.05) is 24.9 Å². The molecular formula is C20H18N2O6S. The van der Waals surface area contributed by atoms with Gasteiger partial charge >= 0.3 is 0 Å². The van der Waals surface area contributed by atoms with Gasteiger partial charge in [-0.25, -0.2) is 4.90 Å². The number of nitro benzene ring substituents is 1. The van der Waals surface area contributed by atoms with Crippen molar-refractivity contribution >= 4 is 40.5 Å². The second kappa shape index (κ2) is 8.36. The third-order valence-electron chi connectivity index (χ3n) is 4.32. The third kappa shape index (κ3) is 3.68. The number of amides is 2. The van der Waals surface area contributed by atoms with Gasteiger partial charge in [-0.05, 0) is 35.6 Å². The smallest absolute Gasteiger partial charge is 0.272 e. The molecule has 9 heteroatoms. The van der Waals surface area contributed by atoms with Gasteiger partial charge in [0.05, 0.1) is 35.3 Å². The Morgan fingerprint density at radius 2 is 1.72 bits per heavy atom. The predicted molar refractivity (Wildman–Crippen MR) is 110 cm³/mol. The molecule has 1 aliphatic heterocycles. The third-order valence-corrected chi connectivity index (χ3v) is 5.28. The fourth-order valence-corrected chi connectivity index (χ4v) is 3.83. The topological polar surface area (TPSA) is 99.0 Å². The van der Waals surface area contributed by atoms with Gasteiger partial charge in [-0.2, -0.15) is 0 Å². The summed E-state index contributed by atoms with van der Waals surface area (Å²) in [6.07, 6.45) is 0. The number of imide groups is 1. The molecule has 0 unspecified atom stereocenters. The highest BCUT2D eigenvalue weighted by molar-refractivity contribution is 8.04.